The number of ether oxygens (including phenoxy) is 1. The van der Waals surface area contributed by atoms with Crippen LogP contribution in [0.25, 0.3) is 0 Å². The number of esters is 1. The first-order valence-electron chi connectivity index (χ1n) is 6.56. The molecule has 0 unspecified atom stereocenters. The molecule has 0 saturated carbocycles. The number of allylic oxidation sites excluding steroid dienone is 1. The molecule has 0 bridgehead atoms. The van der Waals surface area contributed by atoms with Crippen molar-refractivity contribution in [3.8, 4) is 0 Å². The highest BCUT2D eigenvalue weighted by molar-refractivity contribution is 6.00. The van der Waals surface area contributed by atoms with Crippen LogP contribution in [0, 0.1) is 0 Å². The van der Waals surface area contributed by atoms with Gasteiger partial charge in [-0.1, -0.05) is 36.4 Å². The van der Waals surface area contributed by atoms with Crippen molar-refractivity contribution in [3.63, 3.8) is 0 Å². The lowest BCUT2D eigenvalue weighted by Crippen LogP contribution is -2.11. The summed E-state index contributed by atoms with van der Waals surface area (Å²) in [5.74, 6) is 0.472. The van der Waals surface area contributed by atoms with E-state index in [1.165, 1.54) is 7.11 Å². The Hall–Kier alpha value is -2.69. The molecular weight excluding hydrogens is 266 g/mol. The number of benzene rings is 1. The summed E-state index contributed by atoms with van der Waals surface area (Å²) in [6.45, 7) is 1.85. The van der Waals surface area contributed by atoms with E-state index in [1.807, 2.05) is 48.0 Å². The molecule has 0 amide bonds. The molecule has 5 heteroatoms. The van der Waals surface area contributed by atoms with Crippen LogP contribution >= 0.6 is 0 Å². The van der Waals surface area contributed by atoms with E-state index in [-0.39, 0.29) is 12.4 Å². The summed E-state index contributed by atoms with van der Waals surface area (Å²) < 4.78 is 6.45. The summed E-state index contributed by atoms with van der Waals surface area (Å²) in [5.41, 5.74) is 1.72. The molecule has 1 heterocycles. The minimum absolute atomic E-state index is 0.206. The van der Waals surface area contributed by atoms with Gasteiger partial charge in [-0.05, 0) is 6.92 Å². The molecule has 0 N–H and O–H groups in total. The topological polar surface area (TPSA) is 56.5 Å². The quantitative estimate of drug-likeness (QED) is 0.492. The lowest BCUT2D eigenvalue weighted by atomic mass is 10.2. The monoisotopic (exact) mass is 283 g/mol. The molecule has 1 aromatic carbocycles. The van der Waals surface area contributed by atoms with E-state index in [0.717, 1.165) is 17.1 Å². The van der Waals surface area contributed by atoms with Crippen LogP contribution in [-0.2, 0) is 9.53 Å². The van der Waals surface area contributed by atoms with Gasteiger partial charge < -0.3 is 4.74 Å². The molecule has 0 atom stereocenters. The fourth-order valence-corrected chi connectivity index (χ4v) is 1.77. The third-order valence-corrected chi connectivity index (χ3v) is 2.86. The first-order chi connectivity index (χ1) is 10.2. The van der Waals surface area contributed by atoms with Crippen molar-refractivity contribution < 1.29 is 9.53 Å². The van der Waals surface area contributed by atoms with Crippen LogP contribution in [-0.4, -0.2) is 28.5 Å². The van der Waals surface area contributed by atoms with Crippen molar-refractivity contribution >= 4 is 11.8 Å². The van der Waals surface area contributed by atoms with Crippen LogP contribution in [0.4, 0.5) is 0 Å². The van der Waals surface area contributed by atoms with Gasteiger partial charge in [0.05, 0.1) is 13.5 Å². The maximum absolute atomic E-state index is 11.2. The number of aromatic nitrogens is 2. The summed E-state index contributed by atoms with van der Waals surface area (Å²) in [4.78, 5) is 19.8. The third-order valence-electron chi connectivity index (χ3n) is 2.86. The van der Waals surface area contributed by atoms with Gasteiger partial charge in [0, 0.05) is 23.7 Å². The van der Waals surface area contributed by atoms with Gasteiger partial charge in [-0.3, -0.25) is 9.36 Å². The summed E-state index contributed by atoms with van der Waals surface area (Å²) in [5, 5.41) is 0. The van der Waals surface area contributed by atoms with Crippen LogP contribution < -0.4 is 0 Å². The lowest BCUT2D eigenvalue weighted by Gasteiger charge is -2.08. The van der Waals surface area contributed by atoms with Crippen LogP contribution in [0.15, 0.2) is 65.8 Å². The molecule has 5 nitrogen and oxygen atoms in total. The molecule has 0 radical (unpaired) electrons. The Labute approximate surface area is 123 Å². The first kappa shape index (κ1) is 14.7. The van der Waals surface area contributed by atoms with Crippen molar-refractivity contribution in [2.24, 2.45) is 4.99 Å². The Kier molecular flexibility index (Phi) is 5.04. The molecule has 108 valence electrons. The Bertz CT molecular complexity index is 643. The average Bonchev–Trinajstić information content (AvgIpc) is 3.05. The van der Waals surface area contributed by atoms with Gasteiger partial charge in [0.25, 0.3) is 0 Å². The lowest BCUT2D eigenvalue weighted by molar-refractivity contribution is -0.139. The van der Waals surface area contributed by atoms with Gasteiger partial charge >= 0.3 is 5.97 Å². The zero-order valence-corrected chi connectivity index (χ0v) is 12.1. The van der Waals surface area contributed by atoms with Gasteiger partial charge in [-0.25, -0.2) is 9.98 Å². The van der Waals surface area contributed by atoms with Gasteiger partial charge in [0.1, 0.15) is 12.2 Å². The molecule has 0 aliphatic carbocycles. The van der Waals surface area contributed by atoms with Crippen molar-refractivity contribution in [1.29, 1.82) is 0 Å². The highest BCUT2D eigenvalue weighted by Gasteiger charge is 2.06. The van der Waals surface area contributed by atoms with Crippen LogP contribution in [0.1, 0.15) is 18.9 Å². The number of methoxy groups -OCH3 is 1. The van der Waals surface area contributed by atoms with Crippen LogP contribution in [0.3, 0.4) is 0 Å². The summed E-state index contributed by atoms with van der Waals surface area (Å²) in [6.07, 6.45) is 7.17. The standard InChI is InChI=1S/C16H17N3O2/c1-13(8-9-15(20)21-2)18-16(19-11-10-17-12-19)14-6-4-3-5-7-14/h3-8,10-12H,9H2,1-2H3/b13-8+,18-16?. The molecule has 21 heavy (non-hydrogen) atoms. The third kappa shape index (κ3) is 4.14. The van der Waals surface area contributed by atoms with E-state index in [4.69, 9.17) is 0 Å². The number of hydrogen-bond donors (Lipinski definition) is 0. The average molecular weight is 283 g/mol. The van der Waals surface area contributed by atoms with E-state index < -0.39 is 0 Å². The molecule has 2 aromatic rings. The van der Waals surface area contributed by atoms with E-state index in [2.05, 4.69) is 14.7 Å². The number of carbonyl (C=O) groups is 1. The van der Waals surface area contributed by atoms with Crippen molar-refractivity contribution in [2.75, 3.05) is 7.11 Å². The van der Waals surface area contributed by atoms with E-state index >= 15 is 0 Å². The SMILES string of the molecule is COC(=O)C/C=C(\C)N=C(c1ccccc1)n1ccnc1. The minimum Gasteiger partial charge on any atom is -0.469 e. The predicted octanol–water partition coefficient (Wildman–Crippen LogP) is 2.64. The zero-order chi connectivity index (χ0) is 15.1. The number of nitrogens with zero attached hydrogens (tertiary/aromatic N) is 3. The highest BCUT2D eigenvalue weighted by atomic mass is 16.5. The summed E-state index contributed by atoms with van der Waals surface area (Å²) in [6, 6.07) is 9.82. The predicted molar refractivity (Wildman–Crippen MR) is 81.0 cm³/mol. The normalized spacial score (nSPS) is 12.3. The van der Waals surface area contributed by atoms with Crippen molar-refractivity contribution in [1.82, 2.24) is 9.55 Å². The maximum atomic E-state index is 11.2. The van der Waals surface area contributed by atoms with E-state index in [9.17, 15) is 4.79 Å². The molecular formula is C16H17N3O2. The molecule has 0 fully saturated rings. The maximum Gasteiger partial charge on any atom is 0.309 e. The van der Waals surface area contributed by atoms with Gasteiger partial charge in [-0.15, -0.1) is 0 Å². The molecule has 1 aromatic heterocycles. The summed E-state index contributed by atoms with van der Waals surface area (Å²) >= 11 is 0. The van der Waals surface area contributed by atoms with Crippen LogP contribution in [0.5, 0.6) is 0 Å². The number of imidazole rings is 1. The smallest absolute Gasteiger partial charge is 0.309 e. The molecule has 0 spiro atoms. The minimum atomic E-state index is -0.284. The molecule has 0 aliphatic heterocycles. The number of carbonyl (C=O) groups excluding carboxylic acids is 1. The molecule has 2 rings (SSSR count). The zero-order valence-electron chi connectivity index (χ0n) is 12.1. The second-order valence-corrected chi connectivity index (χ2v) is 4.40. The fourth-order valence-electron chi connectivity index (χ4n) is 1.77. The molecule has 0 aliphatic rings. The van der Waals surface area contributed by atoms with Crippen molar-refractivity contribution in [3.05, 3.63) is 66.4 Å². The first-order valence-corrected chi connectivity index (χ1v) is 6.56. The fraction of sp³-hybridized carbons (Fsp3) is 0.188. The van der Waals surface area contributed by atoms with Gasteiger partial charge in [0.15, 0.2) is 0 Å². The molecule has 0 saturated heterocycles. The van der Waals surface area contributed by atoms with Gasteiger partial charge in [-0.2, -0.15) is 0 Å². The van der Waals surface area contributed by atoms with Gasteiger partial charge in [0.2, 0.25) is 0 Å². The Balaban J connectivity index is 2.32. The number of aliphatic imine (C=N–C) groups is 1. The second-order valence-electron chi connectivity index (χ2n) is 4.40. The summed E-state index contributed by atoms with van der Waals surface area (Å²) in [7, 11) is 1.37. The highest BCUT2D eigenvalue weighted by Crippen LogP contribution is 2.08. The number of hydrogen-bond acceptors (Lipinski definition) is 4. The Morgan fingerprint density at radius 3 is 2.76 bits per heavy atom. The van der Waals surface area contributed by atoms with Crippen LogP contribution in [0.2, 0.25) is 0 Å². The van der Waals surface area contributed by atoms with E-state index in [0.29, 0.717) is 0 Å². The Morgan fingerprint density at radius 1 is 1.38 bits per heavy atom. The Morgan fingerprint density at radius 2 is 2.14 bits per heavy atom. The van der Waals surface area contributed by atoms with E-state index in [1.54, 1.807) is 18.6 Å². The van der Waals surface area contributed by atoms with Crippen molar-refractivity contribution in [2.45, 2.75) is 13.3 Å². The second kappa shape index (κ2) is 7.19. The largest absolute Gasteiger partial charge is 0.469 e. The number of rotatable bonds is 4.